The molecule has 7 nitrogen and oxygen atoms in total. The van der Waals surface area contributed by atoms with Gasteiger partial charge in [0.2, 0.25) is 5.82 Å². The van der Waals surface area contributed by atoms with Crippen molar-refractivity contribution < 1.29 is 9.66 Å². The molecule has 0 fully saturated rings. The van der Waals surface area contributed by atoms with Crippen molar-refractivity contribution in [2.75, 3.05) is 12.8 Å². The van der Waals surface area contributed by atoms with Gasteiger partial charge in [-0.15, -0.1) is 0 Å². The van der Waals surface area contributed by atoms with E-state index in [4.69, 9.17) is 10.5 Å². The van der Waals surface area contributed by atoms with Crippen LogP contribution in [0, 0.1) is 17.0 Å². The van der Waals surface area contributed by atoms with Gasteiger partial charge in [-0.2, -0.15) is 0 Å². The molecule has 0 saturated heterocycles. The second-order valence-corrected chi connectivity index (χ2v) is 3.89. The largest absolute Gasteiger partial charge is 0.497 e. The minimum absolute atomic E-state index is 0.148. The normalized spacial score (nSPS) is 10.2. The van der Waals surface area contributed by atoms with Crippen LogP contribution in [0.3, 0.4) is 0 Å². The van der Waals surface area contributed by atoms with Crippen LogP contribution in [0.1, 0.15) is 5.56 Å². The lowest BCUT2D eigenvalue weighted by Crippen LogP contribution is -2.03. The molecule has 7 heteroatoms. The Morgan fingerprint density at radius 1 is 1.37 bits per heavy atom. The molecule has 0 bridgehead atoms. The first-order valence-corrected chi connectivity index (χ1v) is 5.44. The minimum Gasteiger partial charge on any atom is -0.497 e. The van der Waals surface area contributed by atoms with E-state index in [2.05, 4.69) is 9.97 Å². The van der Waals surface area contributed by atoms with Crippen LogP contribution in [0.25, 0.3) is 11.3 Å². The van der Waals surface area contributed by atoms with E-state index in [1.165, 1.54) is 6.33 Å². The summed E-state index contributed by atoms with van der Waals surface area (Å²) in [4.78, 5) is 18.1. The SMILES string of the molecule is COc1ccc(-c2ncnc(N)c2[N+](=O)[O-])c(C)c1. The lowest BCUT2D eigenvalue weighted by atomic mass is 10.0. The van der Waals surface area contributed by atoms with Crippen molar-refractivity contribution in [2.45, 2.75) is 6.92 Å². The van der Waals surface area contributed by atoms with Crippen molar-refractivity contribution in [2.24, 2.45) is 0 Å². The quantitative estimate of drug-likeness (QED) is 0.668. The number of nitrogen functional groups attached to an aromatic ring is 1. The highest BCUT2D eigenvalue weighted by Gasteiger charge is 2.23. The predicted molar refractivity (Wildman–Crippen MR) is 69.8 cm³/mol. The van der Waals surface area contributed by atoms with Crippen molar-refractivity contribution in [1.29, 1.82) is 0 Å². The Labute approximate surface area is 109 Å². The maximum atomic E-state index is 11.1. The van der Waals surface area contributed by atoms with E-state index in [-0.39, 0.29) is 17.2 Å². The summed E-state index contributed by atoms with van der Waals surface area (Å²) in [6, 6.07) is 5.20. The Hall–Kier alpha value is -2.70. The molecule has 0 aliphatic rings. The van der Waals surface area contributed by atoms with Crippen LogP contribution in [-0.2, 0) is 0 Å². The zero-order chi connectivity index (χ0) is 14.0. The number of benzene rings is 1. The van der Waals surface area contributed by atoms with E-state index in [0.29, 0.717) is 11.3 Å². The van der Waals surface area contributed by atoms with Gasteiger partial charge < -0.3 is 10.5 Å². The number of rotatable bonds is 3. The number of nitro groups is 1. The first-order chi connectivity index (χ1) is 9.04. The predicted octanol–water partition coefficient (Wildman–Crippen LogP) is 1.95. The molecule has 0 atom stereocenters. The third-order valence-electron chi connectivity index (χ3n) is 2.72. The summed E-state index contributed by atoms with van der Waals surface area (Å²) < 4.78 is 5.10. The van der Waals surface area contributed by atoms with Gasteiger partial charge >= 0.3 is 5.69 Å². The van der Waals surface area contributed by atoms with Crippen LogP contribution >= 0.6 is 0 Å². The molecule has 0 saturated carbocycles. The summed E-state index contributed by atoms with van der Waals surface area (Å²) in [5.41, 5.74) is 6.91. The van der Waals surface area contributed by atoms with Gasteiger partial charge in [-0.1, -0.05) is 0 Å². The monoisotopic (exact) mass is 260 g/mol. The van der Waals surface area contributed by atoms with E-state index >= 15 is 0 Å². The molecule has 1 aromatic carbocycles. The minimum atomic E-state index is -0.575. The Balaban J connectivity index is 2.65. The summed E-state index contributed by atoms with van der Waals surface area (Å²) >= 11 is 0. The van der Waals surface area contributed by atoms with E-state index in [0.717, 1.165) is 5.56 Å². The van der Waals surface area contributed by atoms with Crippen molar-refractivity contribution in [1.82, 2.24) is 9.97 Å². The molecule has 2 rings (SSSR count). The van der Waals surface area contributed by atoms with Gasteiger partial charge in [0.25, 0.3) is 0 Å². The Bertz CT molecular complexity index is 643. The molecule has 0 amide bonds. The van der Waals surface area contributed by atoms with Gasteiger partial charge in [0.1, 0.15) is 12.1 Å². The van der Waals surface area contributed by atoms with Crippen molar-refractivity contribution in [3.63, 3.8) is 0 Å². The standard InChI is InChI=1S/C12H12N4O3/c1-7-5-8(19-2)3-4-9(7)10-11(16(17)18)12(13)15-6-14-10/h3-6H,1-2H3,(H2,13,14,15). The summed E-state index contributed by atoms with van der Waals surface area (Å²) in [5, 5.41) is 11.1. The molecule has 2 N–H and O–H groups in total. The van der Waals surface area contributed by atoms with Gasteiger partial charge in [-0.05, 0) is 30.7 Å². The third kappa shape index (κ3) is 2.30. The number of methoxy groups -OCH3 is 1. The van der Waals surface area contributed by atoms with Gasteiger partial charge in [0.15, 0.2) is 5.69 Å². The molecule has 0 unspecified atom stereocenters. The molecule has 1 heterocycles. The molecular weight excluding hydrogens is 248 g/mol. The summed E-state index contributed by atoms with van der Waals surface area (Å²) in [5.74, 6) is 0.524. The van der Waals surface area contributed by atoms with E-state index in [1.54, 1.807) is 25.3 Å². The number of hydrogen-bond acceptors (Lipinski definition) is 6. The number of ether oxygens (including phenoxy) is 1. The van der Waals surface area contributed by atoms with Gasteiger partial charge in [0.05, 0.1) is 12.0 Å². The molecule has 1 aromatic heterocycles. The smallest absolute Gasteiger partial charge is 0.337 e. The molecule has 0 spiro atoms. The highest BCUT2D eigenvalue weighted by molar-refractivity contribution is 5.77. The first-order valence-electron chi connectivity index (χ1n) is 5.44. The molecule has 0 aliphatic carbocycles. The second kappa shape index (κ2) is 4.89. The van der Waals surface area contributed by atoms with E-state index < -0.39 is 4.92 Å². The summed E-state index contributed by atoms with van der Waals surface area (Å²) in [6.45, 7) is 1.82. The van der Waals surface area contributed by atoms with E-state index in [1.807, 2.05) is 6.92 Å². The van der Waals surface area contributed by atoms with Crippen molar-refractivity contribution in [3.8, 4) is 17.0 Å². The zero-order valence-electron chi connectivity index (χ0n) is 10.5. The van der Waals surface area contributed by atoms with Crippen LogP contribution in [-0.4, -0.2) is 22.0 Å². The molecule has 0 aliphatic heterocycles. The Morgan fingerprint density at radius 3 is 2.68 bits per heavy atom. The van der Waals surface area contributed by atoms with Gasteiger partial charge in [-0.3, -0.25) is 10.1 Å². The molecular formula is C12H12N4O3. The highest BCUT2D eigenvalue weighted by atomic mass is 16.6. The van der Waals surface area contributed by atoms with Gasteiger partial charge in [-0.25, -0.2) is 9.97 Å². The lowest BCUT2D eigenvalue weighted by Gasteiger charge is -2.08. The van der Waals surface area contributed by atoms with Gasteiger partial charge in [0, 0.05) is 5.56 Å². The Kier molecular flexibility index (Phi) is 3.28. The first kappa shape index (κ1) is 12.7. The fourth-order valence-electron chi connectivity index (χ4n) is 1.80. The number of aryl methyl sites for hydroxylation is 1. The molecule has 2 aromatic rings. The number of nitrogens with two attached hydrogens (primary N) is 1. The van der Waals surface area contributed by atoms with Crippen LogP contribution < -0.4 is 10.5 Å². The third-order valence-corrected chi connectivity index (χ3v) is 2.72. The lowest BCUT2D eigenvalue weighted by molar-refractivity contribution is -0.383. The van der Waals surface area contributed by atoms with Crippen molar-refractivity contribution in [3.05, 3.63) is 40.2 Å². The number of aromatic nitrogens is 2. The topological polar surface area (TPSA) is 104 Å². The van der Waals surface area contributed by atoms with Crippen LogP contribution in [0.5, 0.6) is 5.75 Å². The molecule has 0 radical (unpaired) electrons. The highest BCUT2D eigenvalue weighted by Crippen LogP contribution is 2.34. The summed E-state index contributed by atoms with van der Waals surface area (Å²) in [6.07, 6.45) is 1.21. The van der Waals surface area contributed by atoms with Crippen LogP contribution in [0.2, 0.25) is 0 Å². The zero-order valence-corrected chi connectivity index (χ0v) is 10.5. The fraction of sp³-hybridized carbons (Fsp3) is 0.167. The average Bonchev–Trinajstić information content (AvgIpc) is 2.37. The maximum absolute atomic E-state index is 11.1. The van der Waals surface area contributed by atoms with E-state index in [9.17, 15) is 10.1 Å². The molecule has 19 heavy (non-hydrogen) atoms. The molecule has 98 valence electrons. The maximum Gasteiger partial charge on any atom is 0.337 e. The number of anilines is 1. The van der Waals surface area contributed by atoms with Crippen LogP contribution in [0.4, 0.5) is 11.5 Å². The second-order valence-electron chi connectivity index (χ2n) is 3.89. The van der Waals surface area contributed by atoms with Crippen molar-refractivity contribution >= 4 is 11.5 Å². The summed E-state index contributed by atoms with van der Waals surface area (Å²) in [7, 11) is 1.56. The number of hydrogen-bond donors (Lipinski definition) is 1. The fourth-order valence-corrected chi connectivity index (χ4v) is 1.80. The number of nitrogens with zero attached hydrogens (tertiary/aromatic N) is 3. The Morgan fingerprint density at radius 2 is 2.11 bits per heavy atom. The average molecular weight is 260 g/mol. The van der Waals surface area contributed by atoms with Crippen LogP contribution in [0.15, 0.2) is 24.5 Å².